The van der Waals surface area contributed by atoms with Crippen molar-refractivity contribution in [1.82, 2.24) is 4.72 Å². The summed E-state index contributed by atoms with van der Waals surface area (Å²) in [4.78, 5) is 1.39. The summed E-state index contributed by atoms with van der Waals surface area (Å²) in [6.45, 7) is 4.12. The SMILES string of the molecule is Cc1cc(S(=O)(=O)NCCc2cccs2)cc(N)c1C. The van der Waals surface area contributed by atoms with Gasteiger partial charge in [0.25, 0.3) is 0 Å². The van der Waals surface area contributed by atoms with Crippen LogP contribution in [0.15, 0.2) is 34.5 Å². The first-order valence-electron chi connectivity index (χ1n) is 6.29. The van der Waals surface area contributed by atoms with E-state index >= 15 is 0 Å². The molecule has 0 amide bonds. The summed E-state index contributed by atoms with van der Waals surface area (Å²) in [5.41, 5.74) is 8.13. The molecular weight excluding hydrogens is 292 g/mol. The molecule has 1 heterocycles. The van der Waals surface area contributed by atoms with E-state index in [-0.39, 0.29) is 4.90 Å². The van der Waals surface area contributed by atoms with Gasteiger partial charge in [0.15, 0.2) is 0 Å². The van der Waals surface area contributed by atoms with E-state index in [0.29, 0.717) is 18.7 Å². The van der Waals surface area contributed by atoms with E-state index in [1.54, 1.807) is 17.4 Å². The summed E-state index contributed by atoms with van der Waals surface area (Å²) in [6, 6.07) is 7.11. The molecule has 0 unspecified atom stereocenters. The topological polar surface area (TPSA) is 72.2 Å². The number of benzene rings is 1. The number of rotatable bonds is 5. The number of hydrogen-bond acceptors (Lipinski definition) is 4. The number of hydrogen-bond donors (Lipinski definition) is 2. The van der Waals surface area contributed by atoms with Crippen LogP contribution in [-0.4, -0.2) is 15.0 Å². The van der Waals surface area contributed by atoms with E-state index in [4.69, 9.17) is 5.73 Å². The molecule has 0 aliphatic heterocycles. The molecule has 0 saturated carbocycles. The molecule has 0 bridgehead atoms. The van der Waals surface area contributed by atoms with E-state index in [9.17, 15) is 8.42 Å². The zero-order valence-corrected chi connectivity index (χ0v) is 13.1. The predicted octanol–water partition coefficient (Wildman–Crippen LogP) is 2.47. The Labute approximate surface area is 123 Å². The fourth-order valence-corrected chi connectivity index (χ4v) is 3.71. The molecule has 108 valence electrons. The lowest BCUT2D eigenvalue weighted by Gasteiger charge is -2.10. The first-order chi connectivity index (χ1) is 9.40. The lowest BCUT2D eigenvalue weighted by Crippen LogP contribution is -2.26. The molecule has 1 aromatic heterocycles. The summed E-state index contributed by atoms with van der Waals surface area (Å²) < 4.78 is 27.0. The van der Waals surface area contributed by atoms with Gasteiger partial charge in [0.1, 0.15) is 0 Å². The van der Waals surface area contributed by atoms with E-state index in [0.717, 1.165) is 16.0 Å². The van der Waals surface area contributed by atoms with Crippen molar-refractivity contribution in [3.05, 3.63) is 45.6 Å². The molecule has 0 saturated heterocycles. The van der Waals surface area contributed by atoms with Crippen LogP contribution in [0.3, 0.4) is 0 Å². The van der Waals surface area contributed by atoms with Gasteiger partial charge >= 0.3 is 0 Å². The largest absolute Gasteiger partial charge is 0.398 e. The maximum absolute atomic E-state index is 12.2. The lowest BCUT2D eigenvalue weighted by molar-refractivity contribution is 0.582. The number of sulfonamides is 1. The summed E-state index contributed by atoms with van der Waals surface area (Å²) in [6.07, 6.45) is 0.692. The number of nitrogens with one attached hydrogen (secondary N) is 1. The maximum Gasteiger partial charge on any atom is 0.240 e. The number of aryl methyl sites for hydroxylation is 1. The number of nitrogen functional groups attached to an aromatic ring is 1. The quantitative estimate of drug-likeness (QED) is 0.833. The molecule has 0 radical (unpaired) electrons. The molecule has 0 aliphatic rings. The summed E-state index contributed by atoms with van der Waals surface area (Å²) >= 11 is 1.62. The van der Waals surface area contributed by atoms with Crippen molar-refractivity contribution < 1.29 is 8.42 Å². The second-order valence-corrected chi connectivity index (χ2v) is 7.48. The van der Waals surface area contributed by atoms with E-state index < -0.39 is 10.0 Å². The van der Waals surface area contributed by atoms with Gasteiger partial charge in [-0.25, -0.2) is 13.1 Å². The standard InChI is InChI=1S/C14H18N2O2S2/c1-10-8-13(9-14(15)11(10)2)20(17,18)16-6-5-12-4-3-7-19-12/h3-4,7-9,16H,5-6,15H2,1-2H3. The third-order valence-electron chi connectivity index (χ3n) is 3.23. The fraction of sp³-hybridized carbons (Fsp3) is 0.286. The zero-order valence-electron chi connectivity index (χ0n) is 11.5. The molecule has 0 aliphatic carbocycles. The highest BCUT2D eigenvalue weighted by molar-refractivity contribution is 7.89. The fourth-order valence-electron chi connectivity index (χ4n) is 1.85. The average Bonchev–Trinajstić information content (AvgIpc) is 2.88. The van der Waals surface area contributed by atoms with Gasteiger partial charge in [0, 0.05) is 17.1 Å². The van der Waals surface area contributed by atoms with Crippen LogP contribution in [0.2, 0.25) is 0 Å². The van der Waals surface area contributed by atoms with Crippen LogP contribution in [0, 0.1) is 13.8 Å². The van der Waals surface area contributed by atoms with Crippen LogP contribution in [0.5, 0.6) is 0 Å². The number of thiophene rings is 1. The molecule has 0 spiro atoms. The second-order valence-electron chi connectivity index (χ2n) is 4.68. The van der Waals surface area contributed by atoms with Crippen LogP contribution in [0.1, 0.15) is 16.0 Å². The second kappa shape index (κ2) is 5.95. The van der Waals surface area contributed by atoms with Gasteiger partial charge in [-0.15, -0.1) is 11.3 Å². The minimum atomic E-state index is -3.50. The Morgan fingerprint density at radius 2 is 2.05 bits per heavy atom. The smallest absolute Gasteiger partial charge is 0.240 e. The van der Waals surface area contributed by atoms with Crippen molar-refractivity contribution in [3.8, 4) is 0 Å². The Balaban J connectivity index is 2.10. The van der Waals surface area contributed by atoms with Crippen LogP contribution in [0.4, 0.5) is 5.69 Å². The van der Waals surface area contributed by atoms with Gasteiger partial charge in [0.2, 0.25) is 10.0 Å². The first kappa shape index (κ1) is 15.0. The highest BCUT2D eigenvalue weighted by atomic mass is 32.2. The van der Waals surface area contributed by atoms with Gasteiger partial charge in [-0.2, -0.15) is 0 Å². The van der Waals surface area contributed by atoms with Crippen molar-refractivity contribution in [1.29, 1.82) is 0 Å². The molecule has 6 heteroatoms. The molecule has 3 N–H and O–H groups in total. The minimum absolute atomic E-state index is 0.226. The van der Waals surface area contributed by atoms with Crippen molar-refractivity contribution >= 4 is 27.0 Å². The van der Waals surface area contributed by atoms with E-state index in [2.05, 4.69) is 4.72 Å². The van der Waals surface area contributed by atoms with Gasteiger partial charge in [0.05, 0.1) is 4.90 Å². The van der Waals surface area contributed by atoms with Crippen LogP contribution in [0.25, 0.3) is 0 Å². The maximum atomic E-state index is 12.2. The monoisotopic (exact) mass is 310 g/mol. The Morgan fingerprint density at radius 3 is 2.65 bits per heavy atom. The Bertz CT molecular complexity index is 669. The van der Waals surface area contributed by atoms with Crippen molar-refractivity contribution in [2.75, 3.05) is 12.3 Å². The number of nitrogens with two attached hydrogens (primary N) is 1. The van der Waals surface area contributed by atoms with Crippen molar-refractivity contribution in [2.24, 2.45) is 0 Å². The van der Waals surface area contributed by atoms with Gasteiger partial charge in [-0.1, -0.05) is 6.07 Å². The third-order valence-corrected chi connectivity index (χ3v) is 5.61. The predicted molar refractivity (Wildman–Crippen MR) is 83.5 cm³/mol. The van der Waals surface area contributed by atoms with Crippen LogP contribution < -0.4 is 10.5 Å². The molecule has 0 fully saturated rings. The van der Waals surface area contributed by atoms with E-state index in [1.807, 2.05) is 31.4 Å². The Hall–Kier alpha value is -1.37. The molecule has 20 heavy (non-hydrogen) atoms. The van der Waals surface area contributed by atoms with Crippen molar-refractivity contribution in [2.45, 2.75) is 25.2 Å². The molecule has 2 aromatic rings. The Kier molecular flexibility index (Phi) is 4.47. The normalized spacial score (nSPS) is 11.7. The number of anilines is 1. The average molecular weight is 310 g/mol. The van der Waals surface area contributed by atoms with Gasteiger partial charge < -0.3 is 5.73 Å². The summed E-state index contributed by atoms with van der Waals surface area (Å²) in [5.74, 6) is 0. The van der Waals surface area contributed by atoms with Crippen molar-refractivity contribution in [3.63, 3.8) is 0 Å². The third kappa shape index (κ3) is 3.39. The Morgan fingerprint density at radius 1 is 1.30 bits per heavy atom. The van der Waals surface area contributed by atoms with Gasteiger partial charge in [-0.3, -0.25) is 0 Å². The van der Waals surface area contributed by atoms with Gasteiger partial charge in [-0.05, 0) is 55.0 Å². The van der Waals surface area contributed by atoms with Crippen LogP contribution in [-0.2, 0) is 16.4 Å². The molecule has 0 atom stereocenters. The van der Waals surface area contributed by atoms with E-state index in [1.165, 1.54) is 6.07 Å². The minimum Gasteiger partial charge on any atom is -0.398 e. The molecular formula is C14H18N2O2S2. The summed E-state index contributed by atoms with van der Waals surface area (Å²) in [7, 11) is -3.50. The molecule has 1 aromatic carbocycles. The lowest BCUT2D eigenvalue weighted by atomic mass is 10.1. The highest BCUT2D eigenvalue weighted by Gasteiger charge is 2.15. The van der Waals surface area contributed by atoms with Crippen LogP contribution >= 0.6 is 11.3 Å². The highest BCUT2D eigenvalue weighted by Crippen LogP contribution is 2.21. The molecule has 2 rings (SSSR count). The zero-order chi connectivity index (χ0) is 14.8. The summed E-state index contributed by atoms with van der Waals surface area (Å²) in [5, 5.41) is 1.98. The molecule has 4 nitrogen and oxygen atoms in total. The first-order valence-corrected chi connectivity index (χ1v) is 8.65.